The van der Waals surface area contributed by atoms with Gasteiger partial charge in [0.05, 0.1) is 11.3 Å². The molecule has 126 valence electrons. The minimum absolute atomic E-state index is 0.0672. The lowest BCUT2D eigenvalue weighted by Gasteiger charge is -2.08. The number of aromatic amines is 1. The third-order valence-electron chi connectivity index (χ3n) is 4.43. The highest BCUT2D eigenvalue weighted by atomic mass is 16.5. The van der Waals surface area contributed by atoms with Crippen LogP contribution in [0.15, 0.2) is 18.2 Å². The van der Waals surface area contributed by atoms with Crippen molar-refractivity contribution in [2.24, 2.45) is 0 Å². The fourth-order valence-corrected chi connectivity index (χ4v) is 3.30. The molecule has 0 saturated heterocycles. The first-order valence-electron chi connectivity index (χ1n) is 8.13. The van der Waals surface area contributed by atoms with Gasteiger partial charge in [0.15, 0.2) is 5.78 Å². The van der Waals surface area contributed by atoms with E-state index in [1.807, 2.05) is 26.0 Å². The molecule has 1 aliphatic heterocycles. The van der Waals surface area contributed by atoms with Gasteiger partial charge in [-0.15, -0.1) is 0 Å². The van der Waals surface area contributed by atoms with Gasteiger partial charge in [0.2, 0.25) is 0 Å². The summed E-state index contributed by atoms with van der Waals surface area (Å²) in [4.78, 5) is 27.1. The monoisotopic (exact) mass is 326 g/mol. The molecule has 5 heteroatoms. The van der Waals surface area contributed by atoms with Crippen molar-refractivity contribution in [3.05, 3.63) is 51.8 Å². The normalized spacial score (nSPS) is 15.8. The molecule has 3 rings (SSSR count). The quantitative estimate of drug-likeness (QED) is 0.848. The fourth-order valence-electron chi connectivity index (χ4n) is 3.30. The van der Waals surface area contributed by atoms with E-state index in [0.29, 0.717) is 29.1 Å². The van der Waals surface area contributed by atoms with E-state index in [1.54, 1.807) is 6.92 Å². The Morgan fingerprint density at radius 3 is 2.75 bits per heavy atom. The molecule has 5 nitrogen and oxygen atoms in total. The maximum atomic E-state index is 12.5. The highest BCUT2D eigenvalue weighted by Gasteiger charge is 2.21. The Bertz CT molecular complexity index is 820. The van der Waals surface area contributed by atoms with Crippen molar-refractivity contribution in [1.29, 1.82) is 0 Å². The van der Waals surface area contributed by atoms with Crippen LogP contribution in [-0.4, -0.2) is 22.8 Å². The molecular formula is C19H22N2O3. The SMILES string of the molecule is CC(=O)c1[nH]c(C)c(C(=O)NCc2ccc3c(c2)C[C@@H](C)O3)c1C. The molecule has 2 heterocycles. The first-order chi connectivity index (χ1) is 11.4. The zero-order valence-corrected chi connectivity index (χ0v) is 14.4. The predicted molar refractivity (Wildman–Crippen MR) is 91.7 cm³/mol. The first kappa shape index (κ1) is 16.3. The van der Waals surface area contributed by atoms with Crippen molar-refractivity contribution in [3.63, 3.8) is 0 Å². The van der Waals surface area contributed by atoms with Crippen molar-refractivity contribution in [2.45, 2.75) is 46.8 Å². The van der Waals surface area contributed by atoms with Crippen molar-refractivity contribution >= 4 is 11.7 Å². The number of aryl methyl sites for hydroxylation is 1. The highest BCUT2D eigenvalue weighted by molar-refractivity contribution is 6.02. The van der Waals surface area contributed by atoms with Gasteiger partial charge in [-0.3, -0.25) is 9.59 Å². The molecule has 0 saturated carbocycles. The van der Waals surface area contributed by atoms with Crippen LogP contribution in [0.4, 0.5) is 0 Å². The van der Waals surface area contributed by atoms with Gasteiger partial charge in [-0.1, -0.05) is 12.1 Å². The van der Waals surface area contributed by atoms with E-state index in [-0.39, 0.29) is 17.8 Å². The van der Waals surface area contributed by atoms with Crippen LogP contribution in [-0.2, 0) is 13.0 Å². The molecule has 1 atom stereocenters. The zero-order valence-electron chi connectivity index (χ0n) is 14.4. The summed E-state index contributed by atoms with van der Waals surface area (Å²) in [6.45, 7) is 7.59. The highest BCUT2D eigenvalue weighted by Crippen LogP contribution is 2.29. The first-order valence-corrected chi connectivity index (χ1v) is 8.13. The number of hydrogen-bond acceptors (Lipinski definition) is 3. The number of hydrogen-bond donors (Lipinski definition) is 2. The average Bonchev–Trinajstić information content (AvgIpc) is 3.03. The molecule has 0 fully saturated rings. The predicted octanol–water partition coefficient (Wildman–Crippen LogP) is 3.09. The maximum Gasteiger partial charge on any atom is 0.253 e. The number of H-pyrrole nitrogens is 1. The Kier molecular flexibility index (Phi) is 4.18. The van der Waals surface area contributed by atoms with E-state index in [2.05, 4.69) is 16.4 Å². The van der Waals surface area contributed by atoms with Crippen molar-refractivity contribution < 1.29 is 14.3 Å². The number of rotatable bonds is 4. The standard InChI is InChI=1S/C19H22N2O3/c1-10-7-15-8-14(5-6-16(15)24-10)9-20-19(23)17-11(2)18(13(4)22)21-12(17)3/h5-6,8,10,21H,7,9H2,1-4H3,(H,20,23)/t10-/m1/s1. The van der Waals surface area contributed by atoms with E-state index in [0.717, 1.165) is 17.7 Å². The summed E-state index contributed by atoms with van der Waals surface area (Å²) in [5.74, 6) is 0.697. The van der Waals surface area contributed by atoms with Crippen molar-refractivity contribution in [2.75, 3.05) is 0 Å². The number of fused-ring (bicyclic) bond motifs is 1. The van der Waals surface area contributed by atoms with Crippen LogP contribution in [0.25, 0.3) is 0 Å². The van der Waals surface area contributed by atoms with Gasteiger partial charge in [-0.25, -0.2) is 0 Å². The number of benzene rings is 1. The number of Topliss-reactive ketones (excluding diaryl/α,β-unsaturated/α-hetero) is 1. The van der Waals surface area contributed by atoms with Gasteiger partial charge in [-0.2, -0.15) is 0 Å². The van der Waals surface area contributed by atoms with Gasteiger partial charge in [0.1, 0.15) is 11.9 Å². The average molecular weight is 326 g/mol. The van der Waals surface area contributed by atoms with E-state index in [1.165, 1.54) is 12.5 Å². The third-order valence-corrected chi connectivity index (χ3v) is 4.43. The molecule has 0 radical (unpaired) electrons. The van der Waals surface area contributed by atoms with Crippen LogP contribution < -0.4 is 10.1 Å². The molecule has 0 aliphatic carbocycles. The van der Waals surface area contributed by atoms with Crippen LogP contribution in [0, 0.1) is 13.8 Å². The Morgan fingerprint density at radius 1 is 1.33 bits per heavy atom. The molecule has 0 unspecified atom stereocenters. The van der Waals surface area contributed by atoms with Gasteiger partial charge in [-0.05, 0) is 43.5 Å². The lowest BCUT2D eigenvalue weighted by atomic mass is 10.1. The van der Waals surface area contributed by atoms with E-state index >= 15 is 0 Å². The number of aromatic nitrogens is 1. The largest absolute Gasteiger partial charge is 0.490 e. The number of ether oxygens (including phenoxy) is 1. The maximum absolute atomic E-state index is 12.5. The molecule has 1 aromatic heterocycles. The summed E-state index contributed by atoms with van der Waals surface area (Å²) >= 11 is 0. The third kappa shape index (κ3) is 2.94. The topological polar surface area (TPSA) is 71.2 Å². The summed E-state index contributed by atoms with van der Waals surface area (Å²) in [5.41, 5.74) is 4.69. The summed E-state index contributed by atoms with van der Waals surface area (Å²) < 4.78 is 5.69. The second kappa shape index (κ2) is 6.15. The molecule has 2 aromatic rings. The van der Waals surface area contributed by atoms with Crippen molar-refractivity contribution in [3.8, 4) is 5.75 Å². The molecule has 0 spiro atoms. The van der Waals surface area contributed by atoms with E-state index in [9.17, 15) is 9.59 Å². The zero-order chi connectivity index (χ0) is 17.4. The van der Waals surface area contributed by atoms with Crippen LogP contribution in [0.5, 0.6) is 5.75 Å². The van der Waals surface area contributed by atoms with Gasteiger partial charge in [0.25, 0.3) is 5.91 Å². The number of nitrogens with one attached hydrogen (secondary N) is 2. The second-order valence-corrected chi connectivity index (χ2v) is 6.44. The van der Waals surface area contributed by atoms with E-state index < -0.39 is 0 Å². The lowest BCUT2D eigenvalue weighted by Crippen LogP contribution is -2.24. The van der Waals surface area contributed by atoms with Gasteiger partial charge in [0, 0.05) is 25.6 Å². The van der Waals surface area contributed by atoms with Crippen molar-refractivity contribution in [1.82, 2.24) is 10.3 Å². The molecular weight excluding hydrogens is 304 g/mol. The number of carbonyl (C=O) groups is 2. The van der Waals surface area contributed by atoms with Gasteiger partial charge >= 0.3 is 0 Å². The summed E-state index contributed by atoms with van der Waals surface area (Å²) in [6, 6.07) is 6.01. The minimum atomic E-state index is -0.168. The Labute approximate surface area is 141 Å². The molecule has 1 aliphatic rings. The van der Waals surface area contributed by atoms with Crippen LogP contribution in [0.1, 0.15) is 57.1 Å². The van der Waals surface area contributed by atoms with Gasteiger partial charge < -0.3 is 15.0 Å². The summed E-state index contributed by atoms with van der Waals surface area (Å²) in [5, 5.41) is 2.94. The van der Waals surface area contributed by atoms with Crippen LogP contribution >= 0.6 is 0 Å². The molecule has 24 heavy (non-hydrogen) atoms. The molecule has 0 bridgehead atoms. The number of carbonyl (C=O) groups excluding carboxylic acids is 2. The number of ketones is 1. The van der Waals surface area contributed by atoms with Crippen LogP contribution in [0.3, 0.4) is 0 Å². The van der Waals surface area contributed by atoms with E-state index in [4.69, 9.17) is 4.74 Å². The molecule has 2 N–H and O–H groups in total. The minimum Gasteiger partial charge on any atom is -0.490 e. The molecule has 1 amide bonds. The van der Waals surface area contributed by atoms with Crippen LogP contribution in [0.2, 0.25) is 0 Å². The Hall–Kier alpha value is -2.56. The summed E-state index contributed by atoms with van der Waals surface area (Å²) in [6.07, 6.45) is 1.11. The summed E-state index contributed by atoms with van der Waals surface area (Å²) in [7, 11) is 0. The molecule has 1 aromatic carbocycles. The smallest absolute Gasteiger partial charge is 0.253 e. The second-order valence-electron chi connectivity index (χ2n) is 6.44. The number of amides is 1. The Balaban J connectivity index is 1.73. The lowest BCUT2D eigenvalue weighted by molar-refractivity contribution is 0.0949. The Morgan fingerprint density at radius 2 is 2.08 bits per heavy atom. The fraction of sp³-hybridized carbons (Fsp3) is 0.368.